The van der Waals surface area contributed by atoms with Crippen LogP contribution in [0.5, 0.6) is 0 Å². The van der Waals surface area contributed by atoms with Gasteiger partial charge in [-0.25, -0.2) is 0 Å². The minimum absolute atomic E-state index is 0.372. The van der Waals surface area contributed by atoms with Crippen molar-refractivity contribution >= 4 is 5.97 Å². The summed E-state index contributed by atoms with van der Waals surface area (Å²) in [4.78, 5) is 13.7. The van der Waals surface area contributed by atoms with Gasteiger partial charge in [-0.2, -0.15) is 0 Å². The standard InChI is InChI=1S/C14H25NO3/c1-15(9-12-5-2-3-6-12)10-14(13(16)17)7-4-8-18-11-14/h12H,2-11H2,1H3,(H,16,17). The lowest BCUT2D eigenvalue weighted by Gasteiger charge is -2.36. The average molecular weight is 255 g/mol. The summed E-state index contributed by atoms with van der Waals surface area (Å²) < 4.78 is 5.41. The number of hydrogen-bond acceptors (Lipinski definition) is 3. The Labute approximate surface area is 109 Å². The molecular weight excluding hydrogens is 230 g/mol. The summed E-state index contributed by atoms with van der Waals surface area (Å²) >= 11 is 0. The predicted octanol–water partition coefficient (Wildman–Crippen LogP) is 1.99. The minimum atomic E-state index is -0.694. The van der Waals surface area contributed by atoms with E-state index in [1.807, 2.05) is 0 Å². The van der Waals surface area contributed by atoms with E-state index in [9.17, 15) is 9.90 Å². The van der Waals surface area contributed by atoms with Crippen molar-refractivity contribution in [3.63, 3.8) is 0 Å². The summed E-state index contributed by atoms with van der Waals surface area (Å²) in [5.41, 5.74) is -0.675. The highest BCUT2D eigenvalue weighted by molar-refractivity contribution is 5.75. The van der Waals surface area contributed by atoms with Gasteiger partial charge in [0.05, 0.1) is 6.61 Å². The number of ether oxygens (including phenoxy) is 1. The molecule has 0 aromatic heterocycles. The van der Waals surface area contributed by atoms with E-state index in [1.165, 1.54) is 25.7 Å². The summed E-state index contributed by atoms with van der Waals surface area (Å²) in [7, 11) is 2.05. The molecular formula is C14H25NO3. The third-order valence-electron chi connectivity index (χ3n) is 4.39. The second-order valence-electron chi connectivity index (χ2n) is 6.09. The summed E-state index contributed by atoms with van der Waals surface area (Å²) in [5, 5.41) is 9.49. The van der Waals surface area contributed by atoms with Gasteiger partial charge in [0.2, 0.25) is 0 Å². The summed E-state index contributed by atoms with van der Waals surface area (Å²) in [6.07, 6.45) is 6.90. The van der Waals surface area contributed by atoms with Crippen molar-refractivity contribution in [1.82, 2.24) is 4.90 Å². The highest BCUT2D eigenvalue weighted by atomic mass is 16.5. The molecule has 0 aromatic carbocycles. The third kappa shape index (κ3) is 3.23. The molecule has 1 saturated heterocycles. The first-order chi connectivity index (χ1) is 8.62. The molecule has 0 spiro atoms. The van der Waals surface area contributed by atoms with Crippen LogP contribution in [-0.2, 0) is 9.53 Å². The molecule has 4 nitrogen and oxygen atoms in total. The highest BCUT2D eigenvalue weighted by Gasteiger charge is 2.41. The first-order valence-electron chi connectivity index (χ1n) is 7.12. The van der Waals surface area contributed by atoms with E-state index in [0.29, 0.717) is 19.8 Å². The monoisotopic (exact) mass is 255 g/mol. The molecule has 1 aliphatic heterocycles. The molecule has 1 aliphatic carbocycles. The van der Waals surface area contributed by atoms with Crippen molar-refractivity contribution < 1.29 is 14.6 Å². The lowest BCUT2D eigenvalue weighted by Crippen LogP contribution is -2.48. The van der Waals surface area contributed by atoms with E-state index in [2.05, 4.69) is 11.9 Å². The van der Waals surface area contributed by atoms with Gasteiger partial charge in [-0.05, 0) is 38.6 Å². The molecule has 104 valence electrons. The zero-order chi connectivity index (χ0) is 13.0. The Morgan fingerprint density at radius 3 is 2.67 bits per heavy atom. The van der Waals surface area contributed by atoms with E-state index >= 15 is 0 Å². The maximum absolute atomic E-state index is 11.5. The number of aliphatic carboxylic acids is 1. The van der Waals surface area contributed by atoms with Crippen molar-refractivity contribution in [3.8, 4) is 0 Å². The van der Waals surface area contributed by atoms with Crippen LogP contribution in [0.1, 0.15) is 38.5 Å². The molecule has 1 atom stereocenters. The topological polar surface area (TPSA) is 49.8 Å². The zero-order valence-corrected chi connectivity index (χ0v) is 11.4. The number of carboxylic acid groups (broad SMARTS) is 1. The van der Waals surface area contributed by atoms with Gasteiger partial charge in [0.1, 0.15) is 5.41 Å². The molecule has 0 amide bonds. The Morgan fingerprint density at radius 2 is 2.11 bits per heavy atom. The molecule has 2 rings (SSSR count). The number of hydrogen-bond donors (Lipinski definition) is 1. The molecule has 1 heterocycles. The molecule has 2 aliphatic rings. The Balaban J connectivity index is 1.89. The van der Waals surface area contributed by atoms with Gasteiger partial charge in [-0.15, -0.1) is 0 Å². The molecule has 0 radical (unpaired) electrons. The molecule has 4 heteroatoms. The van der Waals surface area contributed by atoms with Crippen LogP contribution in [0.25, 0.3) is 0 Å². The Bertz CT molecular complexity index is 281. The maximum Gasteiger partial charge on any atom is 0.313 e. The third-order valence-corrected chi connectivity index (χ3v) is 4.39. The Kier molecular flexibility index (Phi) is 4.62. The van der Waals surface area contributed by atoms with Gasteiger partial charge < -0.3 is 14.7 Å². The molecule has 0 aromatic rings. The molecule has 1 N–H and O–H groups in total. The number of carbonyl (C=O) groups is 1. The molecule has 0 bridgehead atoms. The van der Waals surface area contributed by atoms with E-state index in [-0.39, 0.29) is 0 Å². The van der Waals surface area contributed by atoms with Crippen molar-refractivity contribution in [3.05, 3.63) is 0 Å². The normalized spacial score (nSPS) is 29.9. The van der Waals surface area contributed by atoms with Crippen LogP contribution in [0.4, 0.5) is 0 Å². The fraction of sp³-hybridized carbons (Fsp3) is 0.929. The van der Waals surface area contributed by atoms with E-state index < -0.39 is 11.4 Å². The van der Waals surface area contributed by atoms with Crippen LogP contribution in [0, 0.1) is 11.3 Å². The van der Waals surface area contributed by atoms with Gasteiger partial charge in [0.25, 0.3) is 0 Å². The Morgan fingerprint density at radius 1 is 1.39 bits per heavy atom. The van der Waals surface area contributed by atoms with Crippen molar-refractivity contribution in [2.45, 2.75) is 38.5 Å². The fourth-order valence-corrected chi connectivity index (χ4v) is 3.43. The number of carboxylic acids is 1. The molecule has 1 saturated carbocycles. The van der Waals surface area contributed by atoms with Gasteiger partial charge in [0, 0.05) is 19.7 Å². The van der Waals surface area contributed by atoms with E-state index in [4.69, 9.17) is 4.74 Å². The minimum Gasteiger partial charge on any atom is -0.481 e. The lowest BCUT2D eigenvalue weighted by atomic mass is 9.82. The quantitative estimate of drug-likeness (QED) is 0.816. The smallest absolute Gasteiger partial charge is 0.313 e. The largest absolute Gasteiger partial charge is 0.481 e. The summed E-state index contributed by atoms with van der Waals surface area (Å²) in [6.45, 7) is 2.74. The van der Waals surface area contributed by atoms with Gasteiger partial charge in [0.15, 0.2) is 0 Å². The van der Waals surface area contributed by atoms with Crippen LogP contribution in [0.15, 0.2) is 0 Å². The lowest BCUT2D eigenvalue weighted by molar-refractivity contribution is -0.159. The van der Waals surface area contributed by atoms with Crippen LogP contribution in [-0.4, -0.2) is 49.3 Å². The highest BCUT2D eigenvalue weighted by Crippen LogP contribution is 2.31. The van der Waals surface area contributed by atoms with Crippen LogP contribution >= 0.6 is 0 Å². The Hall–Kier alpha value is -0.610. The van der Waals surface area contributed by atoms with Crippen molar-refractivity contribution in [2.75, 3.05) is 33.4 Å². The number of rotatable bonds is 5. The molecule has 18 heavy (non-hydrogen) atoms. The van der Waals surface area contributed by atoms with Crippen LogP contribution in [0.3, 0.4) is 0 Å². The van der Waals surface area contributed by atoms with E-state index in [1.54, 1.807) is 0 Å². The van der Waals surface area contributed by atoms with Gasteiger partial charge in [-0.3, -0.25) is 4.79 Å². The van der Waals surface area contributed by atoms with E-state index in [0.717, 1.165) is 25.3 Å². The van der Waals surface area contributed by atoms with Crippen LogP contribution < -0.4 is 0 Å². The number of nitrogens with zero attached hydrogens (tertiary/aromatic N) is 1. The molecule has 2 fully saturated rings. The zero-order valence-electron chi connectivity index (χ0n) is 11.4. The fourth-order valence-electron chi connectivity index (χ4n) is 3.43. The SMILES string of the molecule is CN(CC1CCCC1)CC1(C(=O)O)CCCOC1. The molecule has 1 unspecified atom stereocenters. The first-order valence-corrected chi connectivity index (χ1v) is 7.12. The van der Waals surface area contributed by atoms with Crippen LogP contribution in [0.2, 0.25) is 0 Å². The second kappa shape index (κ2) is 6.02. The first kappa shape index (κ1) is 13.8. The summed E-state index contributed by atoms with van der Waals surface area (Å²) in [5.74, 6) is 0.0748. The second-order valence-corrected chi connectivity index (χ2v) is 6.09. The van der Waals surface area contributed by atoms with Crippen molar-refractivity contribution in [1.29, 1.82) is 0 Å². The average Bonchev–Trinajstić information content (AvgIpc) is 2.82. The van der Waals surface area contributed by atoms with Gasteiger partial charge >= 0.3 is 5.97 Å². The predicted molar refractivity (Wildman–Crippen MR) is 69.6 cm³/mol. The van der Waals surface area contributed by atoms with Crippen molar-refractivity contribution in [2.24, 2.45) is 11.3 Å². The maximum atomic E-state index is 11.5. The summed E-state index contributed by atoms with van der Waals surface area (Å²) in [6, 6.07) is 0. The van der Waals surface area contributed by atoms with Gasteiger partial charge in [-0.1, -0.05) is 12.8 Å².